The SMILES string of the molecule is CC/C=C\C/C=C\C/C=C\C/C=C\C=C/C(O)C/C=C\CCC(=O)OC[C@H](COP(=O)([O-])OCC[N+](C)(C)C)OC(=O)CCC/C=C\C/C=C\C/C=C\CCCCCCCC. The average molecular weight is 872 g/mol. The molecule has 0 rings (SSSR count). The Bertz CT molecular complexity index is 1420. The number of carbonyl (C=O) groups excluding carboxylic acids is 2. The van der Waals surface area contributed by atoms with E-state index in [1.165, 1.54) is 38.5 Å². The van der Waals surface area contributed by atoms with Gasteiger partial charge in [0.05, 0.1) is 33.9 Å². The minimum atomic E-state index is -4.69. The van der Waals surface area contributed by atoms with Gasteiger partial charge in [-0.25, -0.2) is 0 Å². The summed E-state index contributed by atoms with van der Waals surface area (Å²) >= 11 is 0. The number of phosphoric ester groups is 1. The van der Waals surface area contributed by atoms with E-state index in [9.17, 15) is 24.2 Å². The van der Waals surface area contributed by atoms with Gasteiger partial charge >= 0.3 is 11.9 Å². The lowest BCUT2D eigenvalue weighted by Crippen LogP contribution is -2.37. The van der Waals surface area contributed by atoms with Crippen molar-refractivity contribution >= 4 is 19.8 Å². The highest BCUT2D eigenvalue weighted by Crippen LogP contribution is 2.38. The van der Waals surface area contributed by atoms with E-state index in [4.69, 9.17) is 18.5 Å². The zero-order valence-corrected chi connectivity index (χ0v) is 39.3. The maximum Gasteiger partial charge on any atom is 0.306 e. The highest BCUT2D eigenvalue weighted by atomic mass is 31.2. The summed E-state index contributed by atoms with van der Waals surface area (Å²) in [5, 5.41) is 10.2. The Morgan fingerprint density at radius 3 is 1.80 bits per heavy atom. The Labute approximate surface area is 370 Å². The normalized spacial score (nSPS) is 15.1. The molecule has 0 radical (unpaired) electrons. The van der Waals surface area contributed by atoms with E-state index in [0.717, 1.165) is 44.9 Å². The first kappa shape index (κ1) is 57.6. The molecule has 0 bridgehead atoms. The molecule has 0 saturated heterocycles. The quantitative estimate of drug-likeness (QED) is 0.0160. The average Bonchev–Trinajstić information content (AvgIpc) is 3.21. The number of unbranched alkanes of at least 4 members (excludes halogenated alkanes) is 7. The van der Waals surface area contributed by atoms with E-state index >= 15 is 0 Å². The number of aliphatic hydroxyl groups is 1. The first-order chi connectivity index (χ1) is 29.4. The molecule has 0 aliphatic heterocycles. The summed E-state index contributed by atoms with van der Waals surface area (Å²) in [6.45, 7) is 3.81. The van der Waals surface area contributed by atoms with E-state index in [1.807, 2.05) is 45.4 Å². The molecule has 0 spiro atoms. The molecule has 10 nitrogen and oxygen atoms in total. The van der Waals surface area contributed by atoms with E-state index < -0.39 is 38.6 Å². The molecule has 346 valence electrons. The first-order valence-corrected chi connectivity index (χ1v) is 24.2. The summed E-state index contributed by atoms with van der Waals surface area (Å²) in [6.07, 6.45) is 51.6. The molecule has 0 aliphatic carbocycles. The second kappa shape index (κ2) is 40.7. The highest BCUT2D eigenvalue weighted by molar-refractivity contribution is 7.45. The molecule has 3 atom stereocenters. The van der Waals surface area contributed by atoms with Gasteiger partial charge in [0.25, 0.3) is 7.82 Å². The molecule has 11 heteroatoms. The zero-order chi connectivity index (χ0) is 45.1. The van der Waals surface area contributed by atoms with Gasteiger partial charge in [-0.2, -0.15) is 0 Å². The Kier molecular flexibility index (Phi) is 38.4. The van der Waals surface area contributed by atoms with Gasteiger partial charge in [0.15, 0.2) is 6.10 Å². The van der Waals surface area contributed by atoms with Crippen LogP contribution in [0.15, 0.2) is 109 Å². The van der Waals surface area contributed by atoms with Crippen LogP contribution < -0.4 is 4.89 Å². The molecule has 0 heterocycles. The Morgan fingerprint density at radius 1 is 0.623 bits per heavy atom. The van der Waals surface area contributed by atoms with Gasteiger partial charge in [-0.3, -0.25) is 14.2 Å². The Balaban J connectivity index is 4.66. The summed E-state index contributed by atoms with van der Waals surface area (Å²) in [4.78, 5) is 37.5. The summed E-state index contributed by atoms with van der Waals surface area (Å²) in [6, 6.07) is 0. The highest BCUT2D eigenvalue weighted by Gasteiger charge is 2.21. The lowest BCUT2D eigenvalue weighted by atomic mass is 10.1. The van der Waals surface area contributed by atoms with Crippen LogP contribution in [0.4, 0.5) is 0 Å². The summed E-state index contributed by atoms with van der Waals surface area (Å²) in [7, 11) is 1.02. The van der Waals surface area contributed by atoms with E-state index in [2.05, 4.69) is 80.7 Å². The number of likely N-dealkylation sites (N-methyl/N-ethyl adjacent to an activating group) is 1. The molecular formula is C50H82NO9P. The maximum atomic E-state index is 12.7. The minimum Gasteiger partial charge on any atom is -0.756 e. The monoisotopic (exact) mass is 872 g/mol. The van der Waals surface area contributed by atoms with Gasteiger partial charge in [0.1, 0.15) is 19.8 Å². The summed E-state index contributed by atoms with van der Waals surface area (Å²) in [5.74, 6) is -1.09. The molecule has 0 fully saturated rings. The fourth-order valence-electron chi connectivity index (χ4n) is 5.31. The molecule has 0 amide bonds. The molecule has 0 aromatic heterocycles. The van der Waals surface area contributed by atoms with Crippen LogP contribution in [0.5, 0.6) is 0 Å². The van der Waals surface area contributed by atoms with Crippen molar-refractivity contribution in [2.75, 3.05) is 47.5 Å². The Hall–Kier alpha value is -3.37. The van der Waals surface area contributed by atoms with Crippen molar-refractivity contribution in [1.29, 1.82) is 0 Å². The molecule has 0 aliphatic rings. The van der Waals surface area contributed by atoms with Crippen molar-refractivity contribution in [3.8, 4) is 0 Å². The number of ether oxygens (including phenoxy) is 2. The maximum absolute atomic E-state index is 12.7. The number of phosphoric acid groups is 1. The van der Waals surface area contributed by atoms with Crippen molar-refractivity contribution in [3.05, 3.63) is 109 Å². The molecule has 1 N–H and O–H groups in total. The van der Waals surface area contributed by atoms with Gasteiger partial charge in [0.2, 0.25) is 0 Å². The van der Waals surface area contributed by atoms with E-state index in [-0.39, 0.29) is 26.1 Å². The second-order valence-electron chi connectivity index (χ2n) is 15.9. The van der Waals surface area contributed by atoms with Crippen molar-refractivity contribution in [1.82, 2.24) is 0 Å². The van der Waals surface area contributed by atoms with E-state index in [0.29, 0.717) is 36.7 Å². The molecule has 0 aromatic carbocycles. The number of hydrogen-bond donors (Lipinski definition) is 1. The number of allylic oxidation sites excluding steroid dienone is 16. The summed E-state index contributed by atoms with van der Waals surface area (Å²) < 4.78 is 33.7. The van der Waals surface area contributed by atoms with Crippen LogP contribution >= 0.6 is 7.82 Å². The fraction of sp³-hybridized carbons (Fsp3) is 0.600. The third-order valence-corrected chi connectivity index (χ3v) is 9.83. The molecule has 0 aromatic rings. The minimum absolute atomic E-state index is 0.0532. The van der Waals surface area contributed by atoms with Gasteiger partial charge in [0, 0.05) is 12.8 Å². The number of esters is 2. The predicted octanol–water partition coefficient (Wildman–Crippen LogP) is 11.5. The van der Waals surface area contributed by atoms with Crippen molar-refractivity contribution in [3.63, 3.8) is 0 Å². The standard InChI is InChI=1S/C50H82NO9P/c1-6-8-10-12-14-16-18-20-21-22-23-25-27-29-31-33-37-42-50(54)60-48(46-59-61(55,56)58-44-43-51(3,4)5)45-57-49(53)41-38-34-36-40-47(52)39-35-32-30-28-26-24-19-17-15-13-11-9-7-2/h9,11,15,17,20-21,23-26,29-32,34-36,39,47-48,52H,6-8,10,12-14,16,18-19,22,27-28,33,37-38,40-46H2,1-5H3/b11-9-,17-15-,21-20-,25-23-,26-24-,31-29-,32-30-,36-34-,39-35-/t47?,48-/m1/s1. The first-order valence-electron chi connectivity index (χ1n) is 22.7. The molecular weight excluding hydrogens is 790 g/mol. The van der Waals surface area contributed by atoms with Crippen molar-refractivity contribution in [2.24, 2.45) is 0 Å². The zero-order valence-electron chi connectivity index (χ0n) is 38.4. The van der Waals surface area contributed by atoms with Gasteiger partial charge in [-0.1, -0.05) is 155 Å². The lowest BCUT2D eigenvalue weighted by molar-refractivity contribution is -0.870. The molecule has 2 unspecified atom stereocenters. The number of quaternary nitrogens is 1. The number of nitrogens with zero attached hydrogens (tertiary/aromatic N) is 1. The Morgan fingerprint density at radius 2 is 1.18 bits per heavy atom. The third kappa shape index (κ3) is 44.5. The predicted molar refractivity (Wildman–Crippen MR) is 251 cm³/mol. The second-order valence-corrected chi connectivity index (χ2v) is 17.3. The van der Waals surface area contributed by atoms with Crippen LogP contribution in [0.1, 0.15) is 136 Å². The van der Waals surface area contributed by atoms with Crippen molar-refractivity contribution < 1.29 is 47.2 Å². The number of rotatable bonds is 39. The van der Waals surface area contributed by atoms with Crippen LogP contribution in [0.2, 0.25) is 0 Å². The smallest absolute Gasteiger partial charge is 0.306 e. The largest absolute Gasteiger partial charge is 0.756 e. The van der Waals surface area contributed by atoms with Crippen LogP contribution in [0.25, 0.3) is 0 Å². The van der Waals surface area contributed by atoms with Crippen molar-refractivity contribution in [2.45, 2.75) is 148 Å². The number of carbonyl (C=O) groups is 2. The van der Waals surface area contributed by atoms with Crippen LogP contribution in [-0.4, -0.2) is 81.2 Å². The fourth-order valence-corrected chi connectivity index (χ4v) is 6.04. The number of aliphatic hydroxyl groups excluding tert-OH is 1. The van der Waals surface area contributed by atoms with Crippen LogP contribution in [0, 0.1) is 0 Å². The molecule has 61 heavy (non-hydrogen) atoms. The van der Waals surface area contributed by atoms with E-state index in [1.54, 1.807) is 18.2 Å². The van der Waals surface area contributed by atoms with Crippen LogP contribution in [-0.2, 0) is 32.7 Å². The van der Waals surface area contributed by atoms with Gasteiger partial charge in [-0.05, 0) is 77.0 Å². The topological polar surface area (TPSA) is 131 Å². The van der Waals surface area contributed by atoms with Crippen LogP contribution in [0.3, 0.4) is 0 Å². The lowest BCUT2D eigenvalue weighted by Gasteiger charge is -2.28. The van der Waals surface area contributed by atoms with Gasteiger partial charge < -0.3 is 33.0 Å². The van der Waals surface area contributed by atoms with Gasteiger partial charge in [-0.15, -0.1) is 0 Å². The summed E-state index contributed by atoms with van der Waals surface area (Å²) in [5.41, 5.74) is 0. The molecule has 0 saturated carbocycles. The third-order valence-electron chi connectivity index (χ3n) is 8.87. The number of hydrogen-bond acceptors (Lipinski definition) is 9.